The average Bonchev–Trinajstić information content (AvgIpc) is 2.96. The van der Waals surface area contributed by atoms with Crippen LogP contribution in [0.15, 0.2) is 0 Å². The third-order valence-corrected chi connectivity index (χ3v) is 3.96. The molecule has 0 aromatic carbocycles. The van der Waals surface area contributed by atoms with Crippen molar-refractivity contribution < 1.29 is 0 Å². The second-order valence-corrected chi connectivity index (χ2v) is 5.23. The summed E-state index contributed by atoms with van der Waals surface area (Å²) in [6, 6.07) is 0.808. The third kappa shape index (κ3) is 3.44. The van der Waals surface area contributed by atoms with E-state index in [0.717, 1.165) is 6.04 Å². The summed E-state index contributed by atoms with van der Waals surface area (Å²) in [5.74, 6) is 0. The summed E-state index contributed by atoms with van der Waals surface area (Å²) in [6.45, 7) is 11.2. The lowest BCUT2D eigenvalue weighted by molar-refractivity contribution is 0.179. The predicted molar refractivity (Wildman–Crippen MR) is 68.8 cm³/mol. The maximum atomic E-state index is 3.48. The van der Waals surface area contributed by atoms with Crippen molar-refractivity contribution in [3.05, 3.63) is 0 Å². The molecule has 1 N–H and O–H groups in total. The standard InChI is InChI=1S/C13H27N3/c1-2-7-16(13-5-6-14-12-13)11-10-15-8-3-4-9-15/h13-14H,2-12H2,1H3. The van der Waals surface area contributed by atoms with E-state index in [1.165, 1.54) is 71.5 Å². The van der Waals surface area contributed by atoms with Crippen LogP contribution in [0.5, 0.6) is 0 Å². The second-order valence-electron chi connectivity index (χ2n) is 5.23. The zero-order chi connectivity index (χ0) is 11.2. The van der Waals surface area contributed by atoms with E-state index >= 15 is 0 Å². The number of nitrogens with zero attached hydrogens (tertiary/aromatic N) is 2. The molecule has 16 heavy (non-hydrogen) atoms. The lowest BCUT2D eigenvalue weighted by Gasteiger charge is -2.29. The van der Waals surface area contributed by atoms with Gasteiger partial charge in [0.1, 0.15) is 0 Å². The Morgan fingerprint density at radius 3 is 2.69 bits per heavy atom. The molecule has 2 saturated heterocycles. The van der Waals surface area contributed by atoms with Crippen molar-refractivity contribution in [1.29, 1.82) is 0 Å². The highest BCUT2D eigenvalue weighted by Crippen LogP contribution is 2.11. The molecule has 3 nitrogen and oxygen atoms in total. The molecule has 2 rings (SSSR count). The second kappa shape index (κ2) is 6.58. The lowest BCUT2D eigenvalue weighted by Crippen LogP contribution is -2.42. The van der Waals surface area contributed by atoms with Gasteiger partial charge in [0.2, 0.25) is 0 Å². The first-order chi connectivity index (χ1) is 7.90. The van der Waals surface area contributed by atoms with E-state index in [1.54, 1.807) is 0 Å². The Morgan fingerprint density at radius 2 is 2.06 bits per heavy atom. The number of nitrogens with one attached hydrogen (secondary N) is 1. The van der Waals surface area contributed by atoms with Crippen molar-refractivity contribution in [3.8, 4) is 0 Å². The Hall–Kier alpha value is -0.120. The van der Waals surface area contributed by atoms with E-state index in [0.29, 0.717) is 0 Å². The number of hydrogen-bond acceptors (Lipinski definition) is 3. The zero-order valence-electron chi connectivity index (χ0n) is 10.7. The summed E-state index contributed by atoms with van der Waals surface area (Å²) in [7, 11) is 0. The van der Waals surface area contributed by atoms with Gasteiger partial charge in [0, 0.05) is 25.7 Å². The Morgan fingerprint density at radius 1 is 1.25 bits per heavy atom. The molecule has 2 aliphatic heterocycles. The minimum atomic E-state index is 0.808. The topological polar surface area (TPSA) is 18.5 Å². The highest BCUT2D eigenvalue weighted by atomic mass is 15.2. The zero-order valence-corrected chi connectivity index (χ0v) is 10.7. The number of rotatable bonds is 6. The van der Waals surface area contributed by atoms with Crippen molar-refractivity contribution in [2.45, 2.75) is 38.6 Å². The first-order valence-electron chi connectivity index (χ1n) is 7.07. The fourth-order valence-electron chi connectivity index (χ4n) is 2.99. The van der Waals surface area contributed by atoms with Gasteiger partial charge in [-0.2, -0.15) is 0 Å². The first kappa shape index (κ1) is 12.3. The van der Waals surface area contributed by atoms with Crippen LogP contribution in [0.1, 0.15) is 32.6 Å². The smallest absolute Gasteiger partial charge is 0.0233 e. The molecule has 0 bridgehead atoms. The van der Waals surface area contributed by atoms with Gasteiger partial charge in [-0.05, 0) is 51.9 Å². The SMILES string of the molecule is CCCN(CCN1CCCC1)C1CCNC1. The maximum absolute atomic E-state index is 3.48. The highest BCUT2D eigenvalue weighted by Gasteiger charge is 2.22. The van der Waals surface area contributed by atoms with E-state index in [-0.39, 0.29) is 0 Å². The largest absolute Gasteiger partial charge is 0.315 e. The van der Waals surface area contributed by atoms with Gasteiger partial charge in [0.25, 0.3) is 0 Å². The van der Waals surface area contributed by atoms with Crippen molar-refractivity contribution in [2.24, 2.45) is 0 Å². The van der Waals surface area contributed by atoms with Gasteiger partial charge in [-0.3, -0.25) is 4.90 Å². The molecule has 0 saturated carbocycles. The van der Waals surface area contributed by atoms with Gasteiger partial charge in [0.15, 0.2) is 0 Å². The fourth-order valence-corrected chi connectivity index (χ4v) is 2.99. The van der Waals surface area contributed by atoms with Crippen LogP contribution in [0, 0.1) is 0 Å². The lowest BCUT2D eigenvalue weighted by atomic mass is 10.2. The molecule has 2 heterocycles. The van der Waals surface area contributed by atoms with Crippen molar-refractivity contribution in [3.63, 3.8) is 0 Å². The summed E-state index contributed by atoms with van der Waals surface area (Å²) < 4.78 is 0. The van der Waals surface area contributed by atoms with E-state index < -0.39 is 0 Å². The molecule has 2 aliphatic rings. The summed E-state index contributed by atoms with van der Waals surface area (Å²) >= 11 is 0. The first-order valence-corrected chi connectivity index (χ1v) is 7.07. The molecule has 1 unspecified atom stereocenters. The van der Waals surface area contributed by atoms with Crippen LogP contribution in [0.2, 0.25) is 0 Å². The average molecular weight is 225 g/mol. The number of hydrogen-bond donors (Lipinski definition) is 1. The van der Waals surface area contributed by atoms with Crippen LogP contribution in [0.25, 0.3) is 0 Å². The molecule has 94 valence electrons. The molecular formula is C13H27N3. The summed E-state index contributed by atoms with van der Waals surface area (Å²) in [4.78, 5) is 5.34. The summed E-state index contributed by atoms with van der Waals surface area (Å²) in [5, 5.41) is 3.48. The van der Waals surface area contributed by atoms with E-state index in [9.17, 15) is 0 Å². The van der Waals surface area contributed by atoms with Crippen LogP contribution >= 0.6 is 0 Å². The Bertz CT molecular complexity index is 184. The van der Waals surface area contributed by atoms with Crippen molar-refractivity contribution >= 4 is 0 Å². The Labute approximate surface area is 100 Å². The van der Waals surface area contributed by atoms with Gasteiger partial charge < -0.3 is 10.2 Å². The van der Waals surface area contributed by atoms with Crippen LogP contribution in [-0.2, 0) is 0 Å². The van der Waals surface area contributed by atoms with Crippen molar-refractivity contribution in [1.82, 2.24) is 15.1 Å². The Balaban J connectivity index is 1.72. The highest BCUT2D eigenvalue weighted by molar-refractivity contribution is 4.81. The predicted octanol–water partition coefficient (Wildman–Crippen LogP) is 1.16. The van der Waals surface area contributed by atoms with E-state index in [1.807, 2.05) is 0 Å². The molecule has 2 fully saturated rings. The summed E-state index contributed by atoms with van der Waals surface area (Å²) in [5.41, 5.74) is 0. The quantitative estimate of drug-likeness (QED) is 0.732. The molecule has 3 heteroatoms. The third-order valence-electron chi connectivity index (χ3n) is 3.96. The van der Waals surface area contributed by atoms with E-state index in [2.05, 4.69) is 22.0 Å². The molecule has 0 spiro atoms. The minimum absolute atomic E-state index is 0.808. The number of likely N-dealkylation sites (tertiary alicyclic amines) is 1. The van der Waals surface area contributed by atoms with Gasteiger partial charge in [0.05, 0.1) is 0 Å². The molecular weight excluding hydrogens is 198 g/mol. The molecule has 0 aromatic heterocycles. The van der Waals surface area contributed by atoms with Gasteiger partial charge >= 0.3 is 0 Å². The van der Waals surface area contributed by atoms with E-state index in [4.69, 9.17) is 0 Å². The fraction of sp³-hybridized carbons (Fsp3) is 1.00. The molecule has 0 aliphatic carbocycles. The monoisotopic (exact) mass is 225 g/mol. The molecule has 1 atom stereocenters. The maximum Gasteiger partial charge on any atom is 0.0233 e. The molecule has 0 amide bonds. The summed E-state index contributed by atoms with van der Waals surface area (Å²) in [6.07, 6.45) is 5.47. The van der Waals surface area contributed by atoms with Crippen LogP contribution in [-0.4, -0.2) is 61.7 Å². The van der Waals surface area contributed by atoms with Gasteiger partial charge in [-0.1, -0.05) is 6.92 Å². The normalized spacial score (nSPS) is 27.0. The Kier molecular flexibility index (Phi) is 5.07. The van der Waals surface area contributed by atoms with Crippen molar-refractivity contribution in [2.75, 3.05) is 45.8 Å². The molecule has 0 radical (unpaired) electrons. The van der Waals surface area contributed by atoms with Crippen LogP contribution < -0.4 is 5.32 Å². The van der Waals surface area contributed by atoms with Gasteiger partial charge in [-0.25, -0.2) is 0 Å². The molecule has 0 aromatic rings. The van der Waals surface area contributed by atoms with Crippen LogP contribution in [0.4, 0.5) is 0 Å². The minimum Gasteiger partial charge on any atom is -0.315 e. The van der Waals surface area contributed by atoms with Gasteiger partial charge in [-0.15, -0.1) is 0 Å². The van der Waals surface area contributed by atoms with Crippen LogP contribution in [0.3, 0.4) is 0 Å².